The molecule has 114 valence electrons. The maximum atomic E-state index is 12.3. The molecular formula is C16H22N2O3. The number of piperazine rings is 1. The van der Waals surface area contributed by atoms with Crippen LogP contribution in [0, 0.1) is 6.92 Å². The van der Waals surface area contributed by atoms with Gasteiger partial charge in [-0.1, -0.05) is 12.1 Å². The minimum Gasteiger partial charge on any atom is -0.372 e. The van der Waals surface area contributed by atoms with Crippen LogP contribution in [0.1, 0.15) is 19.4 Å². The molecule has 0 saturated carbocycles. The quantitative estimate of drug-likeness (QED) is 0.846. The Bertz CT molecular complexity index is 530. The highest BCUT2D eigenvalue weighted by molar-refractivity contribution is 5.98. The van der Waals surface area contributed by atoms with E-state index in [1.807, 2.05) is 45.0 Å². The zero-order chi connectivity index (χ0) is 15.4. The van der Waals surface area contributed by atoms with Gasteiger partial charge in [0.05, 0.1) is 0 Å². The predicted octanol–water partition coefficient (Wildman–Crippen LogP) is 1.60. The van der Waals surface area contributed by atoms with Crippen molar-refractivity contribution < 1.29 is 14.3 Å². The van der Waals surface area contributed by atoms with Crippen molar-refractivity contribution in [3.05, 3.63) is 29.8 Å². The van der Waals surface area contributed by atoms with Crippen LogP contribution in [0.25, 0.3) is 0 Å². The normalized spacial score (nSPS) is 19.0. The number of rotatable bonds is 4. The minimum atomic E-state index is -0.124. The van der Waals surface area contributed by atoms with Gasteiger partial charge in [0.1, 0.15) is 13.2 Å². The summed E-state index contributed by atoms with van der Waals surface area (Å²) in [6, 6.07) is 7.84. The van der Waals surface area contributed by atoms with E-state index in [9.17, 15) is 9.59 Å². The van der Waals surface area contributed by atoms with Gasteiger partial charge in [0, 0.05) is 24.9 Å². The number of hydrogen-bond donors (Lipinski definition) is 0. The maximum Gasteiger partial charge on any atom is 0.249 e. The molecule has 1 aromatic carbocycles. The molecule has 1 aromatic rings. The number of carbonyl (C=O) groups excluding carboxylic acids is 2. The lowest BCUT2D eigenvalue weighted by atomic mass is 10.1. The summed E-state index contributed by atoms with van der Waals surface area (Å²) in [7, 11) is 0. The minimum absolute atomic E-state index is 0.0174. The molecule has 2 rings (SSSR count). The molecule has 1 fully saturated rings. The molecule has 0 aliphatic carbocycles. The van der Waals surface area contributed by atoms with Crippen LogP contribution in [-0.4, -0.2) is 49.1 Å². The van der Waals surface area contributed by atoms with E-state index in [1.165, 1.54) is 0 Å². The molecule has 1 unspecified atom stereocenters. The van der Waals surface area contributed by atoms with Gasteiger partial charge < -0.3 is 14.5 Å². The molecule has 1 atom stereocenters. The fourth-order valence-electron chi connectivity index (χ4n) is 2.50. The molecular weight excluding hydrogens is 268 g/mol. The third-order valence-electron chi connectivity index (χ3n) is 3.65. The number of benzene rings is 1. The first-order valence-corrected chi connectivity index (χ1v) is 7.27. The molecule has 21 heavy (non-hydrogen) atoms. The van der Waals surface area contributed by atoms with E-state index in [4.69, 9.17) is 4.74 Å². The van der Waals surface area contributed by atoms with E-state index in [0.717, 1.165) is 11.3 Å². The van der Waals surface area contributed by atoms with Crippen LogP contribution in [-0.2, 0) is 14.3 Å². The van der Waals surface area contributed by atoms with E-state index in [0.29, 0.717) is 13.2 Å². The van der Waals surface area contributed by atoms with Crippen LogP contribution in [0.4, 0.5) is 5.69 Å². The smallest absolute Gasteiger partial charge is 0.249 e. The van der Waals surface area contributed by atoms with Gasteiger partial charge in [0.2, 0.25) is 11.8 Å². The van der Waals surface area contributed by atoms with Crippen LogP contribution in [0.15, 0.2) is 24.3 Å². The number of ether oxygens (including phenoxy) is 1. The molecule has 0 N–H and O–H groups in total. The summed E-state index contributed by atoms with van der Waals surface area (Å²) < 4.78 is 5.14. The average molecular weight is 290 g/mol. The number of carbonyl (C=O) groups is 2. The monoisotopic (exact) mass is 290 g/mol. The van der Waals surface area contributed by atoms with Crippen LogP contribution in [0.5, 0.6) is 0 Å². The molecule has 5 heteroatoms. The zero-order valence-electron chi connectivity index (χ0n) is 12.8. The van der Waals surface area contributed by atoms with Crippen molar-refractivity contribution in [3.63, 3.8) is 0 Å². The van der Waals surface area contributed by atoms with E-state index < -0.39 is 0 Å². The molecule has 1 heterocycles. The topological polar surface area (TPSA) is 49.9 Å². The average Bonchev–Trinajstić information content (AvgIpc) is 2.46. The summed E-state index contributed by atoms with van der Waals surface area (Å²) in [5, 5.41) is 0. The summed E-state index contributed by atoms with van der Waals surface area (Å²) in [6.07, 6.45) is 0. The van der Waals surface area contributed by atoms with Crippen molar-refractivity contribution in [2.45, 2.75) is 26.8 Å². The first kappa shape index (κ1) is 15.5. The lowest BCUT2D eigenvalue weighted by molar-refractivity contribution is -0.143. The number of amides is 2. The molecule has 0 bridgehead atoms. The molecule has 0 aromatic heterocycles. The third-order valence-corrected chi connectivity index (χ3v) is 3.65. The van der Waals surface area contributed by atoms with E-state index in [-0.39, 0.29) is 31.0 Å². The van der Waals surface area contributed by atoms with Crippen LogP contribution in [0.2, 0.25) is 0 Å². The zero-order valence-corrected chi connectivity index (χ0v) is 12.8. The van der Waals surface area contributed by atoms with Crippen molar-refractivity contribution in [1.29, 1.82) is 0 Å². The molecule has 0 radical (unpaired) electrons. The highest BCUT2D eigenvalue weighted by Crippen LogP contribution is 2.21. The fraction of sp³-hybridized carbons (Fsp3) is 0.500. The first-order valence-electron chi connectivity index (χ1n) is 7.27. The number of aryl methyl sites for hydroxylation is 1. The van der Waals surface area contributed by atoms with Gasteiger partial charge in [0.25, 0.3) is 0 Å². The second kappa shape index (κ2) is 6.72. The van der Waals surface area contributed by atoms with Crippen molar-refractivity contribution in [2.75, 3.05) is 31.2 Å². The van der Waals surface area contributed by atoms with Crippen molar-refractivity contribution in [1.82, 2.24) is 4.90 Å². The van der Waals surface area contributed by atoms with Crippen LogP contribution >= 0.6 is 0 Å². The first-order chi connectivity index (χ1) is 10.0. The lowest BCUT2D eigenvalue weighted by Gasteiger charge is -2.39. The van der Waals surface area contributed by atoms with Crippen LogP contribution < -0.4 is 4.90 Å². The molecule has 1 saturated heterocycles. The van der Waals surface area contributed by atoms with Gasteiger partial charge in [-0.25, -0.2) is 0 Å². The Balaban J connectivity index is 2.08. The maximum absolute atomic E-state index is 12.3. The van der Waals surface area contributed by atoms with Crippen molar-refractivity contribution in [2.24, 2.45) is 0 Å². The number of anilines is 1. The Morgan fingerprint density at radius 1 is 1.43 bits per heavy atom. The Kier molecular flexibility index (Phi) is 4.96. The molecule has 0 spiro atoms. The standard InChI is InChI=1S/C16H22N2O3/c1-4-21-11-16(20)17-10-15(19)18(9-13(17)3)14-7-5-6-12(2)8-14/h5-8,13H,4,9-11H2,1-3H3. The summed E-state index contributed by atoms with van der Waals surface area (Å²) >= 11 is 0. The fourth-order valence-corrected chi connectivity index (χ4v) is 2.50. The lowest BCUT2D eigenvalue weighted by Crippen LogP contribution is -2.57. The molecule has 1 aliphatic rings. The highest BCUT2D eigenvalue weighted by atomic mass is 16.5. The predicted molar refractivity (Wildman–Crippen MR) is 81.2 cm³/mol. The Morgan fingerprint density at radius 2 is 2.19 bits per heavy atom. The second-order valence-electron chi connectivity index (χ2n) is 5.35. The largest absolute Gasteiger partial charge is 0.372 e. The van der Waals surface area contributed by atoms with E-state index in [2.05, 4.69) is 0 Å². The molecule has 1 aliphatic heterocycles. The Labute approximate surface area is 125 Å². The van der Waals surface area contributed by atoms with Crippen molar-refractivity contribution in [3.8, 4) is 0 Å². The van der Waals surface area contributed by atoms with Gasteiger partial charge in [-0.15, -0.1) is 0 Å². The van der Waals surface area contributed by atoms with Crippen LogP contribution in [0.3, 0.4) is 0 Å². The third kappa shape index (κ3) is 3.61. The summed E-state index contributed by atoms with van der Waals surface area (Å²) in [4.78, 5) is 27.7. The van der Waals surface area contributed by atoms with E-state index >= 15 is 0 Å². The Hall–Kier alpha value is -1.88. The summed E-state index contributed by atoms with van der Waals surface area (Å²) in [5.41, 5.74) is 2.01. The van der Waals surface area contributed by atoms with Gasteiger partial charge in [-0.2, -0.15) is 0 Å². The van der Waals surface area contributed by atoms with Crippen molar-refractivity contribution >= 4 is 17.5 Å². The number of hydrogen-bond acceptors (Lipinski definition) is 3. The molecule has 5 nitrogen and oxygen atoms in total. The second-order valence-corrected chi connectivity index (χ2v) is 5.35. The SMILES string of the molecule is CCOCC(=O)N1CC(=O)N(c2cccc(C)c2)CC1C. The summed E-state index contributed by atoms with van der Waals surface area (Å²) in [5.74, 6) is -0.176. The van der Waals surface area contributed by atoms with Gasteiger partial charge >= 0.3 is 0 Å². The summed E-state index contributed by atoms with van der Waals surface area (Å²) in [6.45, 7) is 6.97. The highest BCUT2D eigenvalue weighted by Gasteiger charge is 2.33. The van der Waals surface area contributed by atoms with E-state index in [1.54, 1.807) is 9.80 Å². The van der Waals surface area contributed by atoms with Gasteiger partial charge in [-0.3, -0.25) is 9.59 Å². The van der Waals surface area contributed by atoms with Gasteiger partial charge in [-0.05, 0) is 38.5 Å². The Morgan fingerprint density at radius 3 is 2.86 bits per heavy atom. The van der Waals surface area contributed by atoms with Gasteiger partial charge in [0.15, 0.2) is 0 Å². The molecule has 2 amide bonds. The number of nitrogens with zero attached hydrogens (tertiary/aromatic N) is 2.